The Kier molecular flexibility index (Phi) is 4.55. The van der Waals surface area contributed by atoms with E-state index in [1.54, 1.807) is 0 Å². The predicted molar refractivity (Wildman–Crippen MR) is 66.3 cm³/mol. The van der Waals surface area contributed by atoms with Crippen molar-refractivity contribution in [1.82, 2.24) is 10.6 Å². The molecule has 1 aromatic rings. The van der Waals surface area contributed by atoms with Crippen molar-refractivity contribution in [2.45, 2.75) is 31.3 Å². The fraction of sp³-hybridized carbons (Fsp3) is 0.462. The van der Waals surface area contributed by atoms with Gasteiger partial charge in [0.2, 0.25) is 5.91 Å². The highest BCUT2D eigenvalue weighted by Gasteiger charge is 2.42. The maximum atomic E-state index is 13.0. The lowest BCUT2D eigenvalue weighted by atomic mass is 10.1. The normalized spacial score (nSPS) is 20.7. The van der Waals surface area contributed by atoms with Gasteiger partial charge in [-0.3, -0.25) is 10.1 Å². The van der Waals surface area contributed by atoms with Crippen LogP contribution in [0, 0.1) is 0 Å². The molecule has 1 aliphatic heterocycles. The molecular formula is C13H13F5N2O2. The second-order valence-electron chi connectivity index (χ2n) is 4.87. The summed E-state index contributed by atoms with van der Waals surface area (Å²) in [5, 5.41) is 4.69. The lowest BCUT2D eigenvalue weighted by Crippen LogP contribution is -2.40. The van der Waals surface area contributed by atoms with Crippen LogP contribution in [0.15, 0.2) is 24.3 Å². The zero-order chi connectivity index (χ0) is 16.4. The second kappa shape index (κ2) is 6.07. The van der Waals surface area contributed by atoms with Gasteiger partial charge in [-0.05, 0) is 6.07 Å². The minimum atomic E-state index is -4.85. The monoisotopic (exact) mass is 324 g/mol. The summed E-state index contributed by atoms with van der Waals surface area (Å²) in [4.78, 5) is 11.7. The molecule has 1 unspecified atom stereocenters. The number of hydrogen-bond donors (Lipinski definition) is 2. The van der Waals surface area contributed by atoms with Crippen molar-refractivity contribution in [2.75, 3.05) is 6.54 Å². The van der Waals surface area contributed by atoms with Gasteiger partial charge in [0.05, 0.1) is 12.6 Å². The Bertz CT molecular complexity index is 547. The van der Waals surface area contributed by atoms with Crippen LogP contribution in [-0.4, -0.2) is 30.8 Å². The van der Waals surface area contributed by atoms with Gasteiger partial charge in [0, 0.05) is 18.5 Å². The summed E-state index contributed by atoms with van der Waals surface area (Å²) in [7, 11) is 0. The van der Waals surface area contributed by atoms with Gasteiger partial charge in [-0.2, -0.15) is 0 Å². The summed E-state index contributed by atoms with van der Waals surface area (Å²) in [6, 6.07) is 4.22. The summed E-state index contributed by atoms with van der Waals surface area (Å²) in [5.74, 6) is -4.10. The Labute approximate surface area is 122 Å². The molecule has 22 heavy (non-hydrogen) atoms. The lowest BCUT2D eigenvalue weighted by molar-refractivity contribution is -0.274. The summed E-state index contributed by atoms with van der Waals surface area (Å²) in [6.07, 6.45) is -5.49. The number of hydrogen-bond acceptors (Lipinski definition) is 3. The largest absolute Gasteiger partial charge is 0.573 e. The number of halogens is 5. The quantitative estimate of drug-likeness (QED) is 0.835. The molecule has 9 heteroatoms. The number of amides is 1. The Hall–Kier alpha value is -1.90. The van der Waals surface area contributed by atoms with Gasteiger partial charge in [0.25, 0.3) is 5.92 Å². The number of nitrogens with one attached hydrogen (secondary N) is 2. The minimum absolute atomic E-state index is 0.0953. The summed E-state index contributed by atoms with van der Waals surface area (Å²) in [6.45, 7) is -0.853. The first kappa shape index (κ1) is 16.5. The van der Waals surface area contributed by atoms with E-state index in [4.69, 9.17) is 0 Å². The smallest absolute Gasteiger partial charge is 0.405 e. The average Bonchev–Trinajstić information content (AvgIpc) is 2.76. The average molecular weight is 324 g/mol. The second-order valence-corrected chi connectivity index (χ2v) is 4.87. The third-order valence-corrected chi connectivity index (χ3v) is 3.08. The fourth-order valence-corrected chi connectivity index (χ4v) is 2.08. The van der Waals surface area contributed by atoms with Gasteiger partial charge in [0.15, 0.2) is 0 Å². The number of para-hydroxylation sites is 1. The first-order valence-electron chi connectivity index (χ1n) is 6.39. The molecule has 1 amide bonds. The van der Waals surface area contributed by atoms with E-state index in [2.05, 4.69) is 15.4 Å². The van der Waals surface area contributed by atoms with Crippen LogP contribution in [0.25, 0.3) is 0 Å². The molecule has 4 nitrogen and oxygen atoms in total. The van der Waals surface area contributed by atoms with Gasteiger partial charge in [-0.15, -0.1) is 13.2 Å². The van der Waals surface area contributed by atoms with E-state index in [0.29, 0.717) is 0 Å². The highest BCUT2D eigenvalue weighted by atomic mass is 19.4. The molecular weight excluding hydrogens is 311 g/mol. The van der Waals surface area contributed by atoms with Crippen LogP contribution < -0.4 is 15.4 Å². The molecule has 2 rings (SSSR count). The van der Waals surface area contributed by atoms with Crippen molar-refractivity contribution in [2.24, 2.45) is 0 Å². The molecule has 0 aromatic heterocycles. The van der Waals surface area contributed by atoms with Crippen LogP contribution in [-0.2, 0) is 11.3 Å². The van der Waals surface area contributed by atoms with Gasteiger partial charge in [0.1, 0.15) is 5.75 Å². The molecule has 0 radical (unpaired) electrons. The molecule has 0 bridgehead atoms. The van der Waals surface area contributed by atoms with Crippen molar-refractivity contribution >= 4 is 5.91 Å². The van der Waals surface area contributed by atoms with E-state index >= 15 is 0 Å². The standard InChI is InChI=1S/C13H13F5N2O2/c14-12(15)5-9(20-7-12)11(21)19-6-8-3-1-2-4-10(8)22-13(16,17)18/h1-4,9,20H,5-7H2,(H,19,21). The molecule has 1 aliphatic rings. The number of benzene rings is 1. The van der Waals surface area contributed by atoms with E-state index < -0.39 is 42.9 Å². The van der Waals surface area contributed by atoms with Crippen LogP contribution in [0.2, 0.25) is 0 Å². The SMILES string of the molecule is O=C(NCc1ccccc1OC(F)(F)F)C1CC(F)(F)CN1. The van der Waals surface area contributed by atoms with E-state index in [1.807, 2.05) is 0 Å². The number of carbonyl (C=O) groups is 1. The molecule has 0 spiro atoms. The number of rotatable bonds is 4. The molecule has 1 atom stereocenters. The number of carbonyl (C=O) groups excluding carboxylic acids is 1. The Balaban J connectivity index is 1.96. The van der Waals surface area contributed by atoms with Crippen LogP contribution in [0.3, 0.4) is 0 Å². The lowest BCUT2D eigenvalue weighted by Gasteiger charge is -2.15. The van der Waals surface area contributed by atoms with E-state index in [9.17, 15) is 26.7 Å². The van der Waals surface area contributed by atoms with Crippen LogP contribution in [0.1, 0.15) is 12.0 Å². The van der Waals surface area contributed by atoms with E-state index in [1.165, 1.54) is 18.2 Å². The van der Waals surface area contributed by atoms with Gasteiger partial charge in [-0.1, -0.05) is 18.2 Å². The van der Waals surface area contributed by atoms with Crippen molar-refractivity contribution < 1.29 is 31.5 Å². The Morgan fingerprint density at radius 2 is 2.05 bits per heavy atom. The molecule has 1 saturated heterocycles. The third-order valence-electron chi connectivity index (χ3n) is 3.08. The highest BCUT2D eigenvalue weighted by molar-refractivity contribution is 5.82. The number of ether oxygens (including phenoxy) is 1. The van der Waals surface area contributed by atoms with Gasteiger partial charge in [-0.25, -0.2) is 8.78 Å². The van der Waals surface area contributed by atoms with Crippen molar-refractivity contribution in [1.29, 1.82) is 0 Å². The molecule has 0 aliphatic carbocycles. The molecule has 2 N–H and O–H groups in total. The zero-order valence-electron chi connectivity index (χ0n) is 11.2. The van der Waals surface area contributed by atoms with E-state index in [-0.39, 0.29) is 12.1 Å². The summed E-state index contributed by atoms with van der Waals surface area (Å²) < 4.78 is 66.5. The van der Waals surface area contributed by atoms with Crippen molar-refractivity contribution in [3.8, 4) is 5.75 Å². The molecule has 1 heterocycles. The predicted octanol–water partition coefficient (Wildman–Crippen LogP) is 2.20. The first-order chi connectivity index (χ1) is 10.2. The van der Waals surface area contributed by atoms with Crippen molar-refractivity contribution in [3.63, 3.8) is 0 Å². The van der Waals surface area contributed by atoms with Gasteiger partial charge >= 0.3 is 6.36 Å². The Morgan fingerprint density at radius 3 is 2.64 bits per heavy atom. The topological polar surface area (TPSA) is 50.4 Å². The highest BCUT2D eigenvalue weighted by Crippen LogP contribution is 2.27. The van der Waals surface area contributed by atoms with Crippen LogP contribution in [0.4, 0.5) is 22.0 Å². The summed E-state index contributed by atoms with van der Waals surface area (Å²) >= 11 is 0. The van der Waals surface area contributed by atoms with Crippen molar-refractivity contribution in [3.05, 3.63) is 29.8 Å². The zero-order valence-corrected chi connectivity index (χ0v) is 11.2. The minimum Gasteiger partial charge on any atom is -0.405 e. The van der Waals surface area contributed by atoms with Crippen LogP contribution in [0.5, 0.6) is 5.75 Å². The third kappa shape index (κ3) is 4.55. The maximum absolute atomic E-state index is 13.0. The molecule has 122 valence electrons. The number of alkyl halides is 5. The van der Waals surface area contributed by atoms with Crippen LogP contribution >= 0.6 is 0 Å². The van der Waals surface area contributed by atoms with E-state index in [0.717, 1.165) is 6.07 Å². The summed E-state index contributed by atoms with van der Waals surface area (Å²) in [5.41, 5.74) is 0.0953. The fourth-order valence-electron chi connectivity index (χ4n) is 2.08. The van der Waals surface area contributed by atoms with Gasteiger partial charge < -0.3 is 10.1 Å². The molecule has 0 saturated carbocycles. The molecule has 1 fully saturated rings. The first-order valence-corrected chi connectivity index (χ1v) is 6.39. The maximum Gasteiger partial charge on any atom is 0.573 e. The Morgan fingerprint density at radius 1 is 1.36 bits per heavy atom. The molecule has 1 aromatic carbocycles.